The summed E-state index contributed by atoms with van der Waals surface area (Å²) in [5.74, 6) is -2.04. The van der Waals surface area contributed by atoms with E-state index in [1.165, 1.54) is 6.07 Å². The summed E-state index contributed by atoms with van der Waals surface area (Å²) in [5, 5.41) is 5.72. The summed E-state index contributed by atoms with van der Waals surface area (Å²) in [5.41, 5.74) is 1.57. The molecule has 5 aliphatic heterocycles. The summed E-state index contributed by atoms with van der Waals surface area (Å²) in [7, 11) is 0. The van der Waals surface area contributed by atoms with E-state index in [9.17, 15) is 23.6 Å². The minimum atomic E-state index is -1.02. The molecule has 0 aliphatic carbocycles. The molecule has 8 nitrogen and oxygen atoms in total. The Morgan fingerprint density at radius 1 is 1.21 bits per heavy atom. The van der Waals surface area contributed by atoms with Gasteiger partial charge in [0, 0.05) is 55.0 Å². The van der Waals surface area contributed by atoms with Gasteiger partial charge in [0.25, 0.3) is 0 Å². The van der Waals surface area contributed by atoms with Crippen LogP contribution in [0.2, 0.25) is 0 Å². The highest BCUT2D eigenvalue weighted by Crippen LogP contribution is 2.44. The van der Waals surface area contributed by atoms with Gasteiger partial charge in [0.05, 0.1) is 6.04 Å². The van der Waals surface area contributed by atoms with Crippen LogP contribution in [0.4, 0.5) is 10.1 Å². The van der Waals surface area contributed by atoms with Gasteiger partial charge < -0.3 is 10.2 Å². The van der Waals surface area contributed by atoms with E-state index in [1.807, 2.05) is 0 Å². The largest absolute Gasteiger partial charge is 0.368 e. The quantitative estimate of drug-likeness (QED) is 0.411. The van der Waals surface area contributed by atoms with Crippen LogP contribution < -0.4 is 15.5 Å². The molecule has 6 rings (SSSR count). The minimum Gasteiger partial charge on any atom is -0.368 e. The highest BCUT2D eigenvalue weighted by atomic mass is 19.1. The first kappa shape index (κ1) is 18.4. The van der Waals surface area contributed by atoms with Crippen LogP contribution in [0, 0.1) is 5.82 Å². The Labute approximate surface area is 166 Å². The number of piperidine rings is 2. The van der Waals surface area contributed by atoms with Crippen molar-refractivity contribution in [2.75, 3.05) is 18.0 Å². The van der Waals surface area contributed by atoms with Crippen LogP contribution in [0.15, 0.2) is 12.1 Å². The van der Waals surface area contributed by atoms with Gasteiger partial charge in [-0.3, -0.25) is 29.4 Å². The number of ketones is 1. The smallest absolute Gasteiger partial charge is 0.243 e. The van der Waals surface area contributed by atoms with Crippen molar-refractivity contribution in [3.8, 4) is 0 Å². The molecule has 2 amide bonds. The van der Waals surface area contributed by atoms with Crippen LogP contribution >= 0.6 is 0 Å². The van der Waals surface area contributed by atoms with Crippen molar-refractivity contribution in [3.05, 3.63) is 29.1 Å². The normalized spacial score (nSPS) is 31.1. The second-order valence-corrected chi connectivity index (χ2v) is 8.22. The molecule has 2 N–H and O–H groups in total. The number of halogens is 1. The third-order valence-electron chi connectivity index (χ3n) is 6.48. The van der Waals surface area contributed by atoms with Crippen LogP contribution in [0.25, 0.3) is 0 Å². The summed E-state index contributed by atoms with van der Waals surface area (Å²) in [4.78, 5) is 51.8. The molecular formula is C20H21FN4O4. The number of imide groups is 1. The summed E-state index contributed by atoms with van der Waals surface area (Å²) < 4.78 is 14.8. The number of nitrogens with one attached hydrogen (secondary N) is 2. The van der Waals surface area contributed by atoms with Gasteiger partial charge in [-0.25, -0.2) is 4.39 Å². The van der Waals surface area contributed by atoms with E-state index in [1.54, 1.807) is 11.0 Å². The van der Waals surface area contributed by atoms with Crippen molar-refractivity contribution >= 4 is 29.6 Å². The Bertz CT molecular complexity index is 919. The lowest BCUT2D eigenvalue weighted by Crippen LogP contribution is -2.67. The van der Waals surface area contributed by atoms with E-state index < -0.39 is 29.6 Å². The van der Waals surface area contributed by atoms with Gasteiger partial charge in [-0.05, 0) is 25.0 Å². The molecule has 1 aromatic rings. The lowest BCUT2D eigenvalue weighted by atomic mass is 9.89. The lowest BCUT2D eigenvalue weighted by Gasteiger charge is -2.49. The van der Waals surface area contributed by atoms with Gasteiger partial charge in [0.15, 0.2) is 6.29 Å². The van der Waals surface area contributed by atoms with E-state index in [2.05, 4.69) is 15.5 Å². The maximum atomic E-state index is 14.8. The molecular weight excluding hydrogens is 379 g/mol. The second-order valence-electron chi connectivity index (χ2n) is 8.22. The Morgan fingerprint density at radius 3 is 2.59 bits per heavy atom. The van der Waals surface area contributed by atoms with Crippen LogP contribution in [-0.2, 0) is 25.7 Å². The third-order valence-corrected chi connectivity index (χ3v) is 6.48. The first-order valence-corrected chi connectivity index (χ1v) is 9.87. The number of piperazine rings is 1. The lowest BCUT2D eigenvalue weighted by molar-refractivity contribution is -0.141. The molecule has 5 heterocycles. The van der Waals surface area contributed by atoms with Crippen molar-refractivity contribution < 1.29 is 23.6 Å². The molecule has 0 saturated carbocycles. The maximum absolute atomic E-state index is 14.8. The first-order valence-electron chi connectivity index (χ1n) is 9.87. The molecule has 4 atom stereocenters. The predicted molar refractivity (Wildman–Crippen MR) is 99.5 cm³/mol. The number of carbonyl (C=O) groups excluding carboxylic acids is 4. The second kappa shape index (κ2) is 6.70. The summed E-state index contributed by atoms with van der Waals surface area (Å²) in [6.45, 7) is 1.54. The molecule has 2 bridgehead atoms. The summed E-state index contributed by atoms with van der Waals surface area (Å²) >= 11 is 0. The Hall–Kier alpha value is -2.65. The number of benzene rings is 1. The van der Waals surface area contributed by atoms with Crippen LogP contribution in [0.5, 0.6) is 0 Å². The van der Waals surface area contributed by atoms with E-state index in [0.717, 1.165) is 25.2 Å². The number of nitrogens with zero attached hydrogens (tertiary/aromatic N) is 2. The van der Waals surface area contributed by atoms with Crippen molar-refractivity contribution in [2.24, 2.45) is 0 Å². The van der Waals surface area contributed by atoms with E-state index in [-0.39, 0.29) is 31.6 Å². The molecule has 4 unspecified atom stereocenters. The van der Waals surface area contributed by atoms with Gasteiger partial charge in [0.2, 0.25) is 17.6 Å². The van der Waals surface area contributed by atoms with Crippen LogP contribution in [-0.4, -0.2) is 60.0 Å². The molecule has 0 aromatic heterocycles. The number of rotatable bonds is 4. The fraction of sp³-hybridized carbons (Fsp3) is 0.500. The minimum absolute atomic E-state index is 0.0461. The highest BCUT2D eigenvalue weighted by Gasteiger charge is 2.47. The van der Waals surface area contributed by atoms with Gasteiger partial charge >= 0.3 is 0 Å². The molecule has 0 spiro atoms. The molecule has 0 radical (unpaired) electrons. The fourth-order valence-corrected chi connectivity index (χ4v) is 5.18. The number of fused-ring (bicyclic) bond motifs is 3. The van der Waals surface area contributed by atoms with E-state index in [0.29, 0.717) is 23.2 Å². The summed E-state index contributed by atoms with van der Waals surface area (Å²) in [6, 6.07) is 1.99. The van der Waals surface area contributed by atoms with Gasteiger partial charge in [-0.15, -0.1) is 0 Å². The van der Waals surface area contributed by atoms with Crippen LogP contribution in [0.1, 0.15) is 36.4 Å². The van der Waals surface area contributed by atoms with Crippen molar-refractivity contribution in [2.45, 2.75) is 50.0 Å². The SMILES string of the molecule is O=CC(=O)C1c2c(N3CC4CC(C3)N4)ccc(F)c2CN1C1CCC(=O)NC1=O. The molecule has 29 heavy (non-hydrogen) atoms. The van der Waals surface area contributed by atoms with Crippen molar-refractivity contribution in [1.29, 1.82) is 0 Å². The number of hydrogen-bond acceptors (Lipinski definition) is 7. The zero-order valence-electron chi connectivity index (χ0n) is 15.7. The zero-order chi connectivity index (χ0) is 20.3. The van der Waals surface area contributed by atoms with E-state index in [4.69, 9.17) is 0 Å². The Kier molecular flexibility index (Phi) is 4.25. The van der Waals surface area contributed by atoms with Gasteiger partial charge in [-0.1, -0.05) is 0 Å². The molecule has 1 aromatic carbocycles. The van der Waals surface area contributed by atoms with E-state index >= 15 is 0 Å². The Morgan fingerprint density at radius 2 is 1.93 bits per heavy atom. The average molecular weight is 400 g/mol. The monoisotopic (exact) mass is 400 g/mol. The molecule has 4 saturated heterocycles. The molecule has 5 aliphatic rings. The number of Topliss-reactive ketones (excluding diaryl/α,β-unsaturated/α-hetero) is 1. The number of amides is 2. The molecule has 4 fully saturated rings. The standard InChI is InChI=1S/C20H21FN4O4/c21-13-1-2-14(24-6-10-5-11(7-24)22-10)18-12(13)8-25(19(18)16(27)9-26)15-3-4-17(28)23-20(15)29/h1-2,9-11,15,19,22H,3-8H2,(H,23,28,29). The molecule has 152 valence electrons. The number of anilines is 1. The van der Waals surface area contributed by atoms with Gasteiger partial charge in [0.1, 0.15) is 11.9 Å². The number of carbonyl (C=O) groups is 4. The maximum Gasteiger partial charge on any atom is 0.243 e. The fourth-order valence-electron chi connectivity index (χ4n) is 5.18. The average Bonchev–Trinajstić information content (AvgIpc) is 3.08. The number of aldehydes is 1. The van der Waals surface area contributed by atoms with Crippen molar-refractivity contribution in [3.63, 3.8) is 0 Å². The van der Waals surface area contributed by atoms with Crippen LogP contribution in [0.3, 0.4) is 0 Å². The summed E-state index contributed by atoms with van der Waals surface area (Å²) in [6.07, 6.45) is 1.71. The predicted octanol–water partition coefficient (Wildman–Crippen LogP) is -0.194. The Balaban J connectivity index is 1.56. The highest BCUT2D eigenvalue weighted by molar-refractivity contribution is 6.28. The first-order chi connectivity index (χ1) is 14.0. The molecule has 9 heteroatoms. The number of hydrogen-bond donors (Lipinski definition) is 2. The topological polar surface area (TPSA) is 98.8 Å². The third kappa shape index (κ3) is 2.87. The van der Waals surface area contributed by atoms with Crippen molar-refractivity contribution in [1.82, 2.24) is 15.5 Å². The zero-order valence-corrected chi connectivity index (χ0v) is 15.7. The van der Waals surface area contributed by atoms with Gasteiger partial charge in [-0.2, -0.15) is 0 Å².